The molecule has 1 rings (SSSR count). The van der Waals surface area contributed by atoms with Gasteiger partial charge in [0.1, 0.15) is 6.29 Å². The number of methoxy groups -OCH3 is 2. The van der Waals surface area contributed by atoms with Gasteiger partial charge in [-0.25, -0.2) is 4.79 Å². The maximum absolute atomic E-state index is 11.9. The van der Waals surface area contributed by atoms with E-state index in [1.807, 2.05) is 0 Å². The lowest BCUT2D eigenvalue weighted by Crippen LogP contribution is -2.39. The van der Waals surface area contributed by atoms with Crippen molar-refractivity contribution in [3.05, 3.63) is 17.7 Å². The van der Waals surface area contributed by atoms with Gasteiger partial charge >= 0.3 is 5.97 Å². The first-order valence-electron chi connectivity index (χ1n) is 6.47. The monoisotopic (exact) mass is 296 g/mol. The lowest BCUT2D eigenvalue weighted by molar-refractivity contribution is -0.158. The lowest BCUT2D eigenvalue weighted by atomic mass is 10.1. The van der Waals surface area contributed by atoms with Crippen molar-refractivity contribution in [3.63, 3.8) is 0 Å². The molecule has 0 radical (unpaired) electrons. The molecule has 0 spiro atoms. The van der Waals surface area contributed by atoms with Crippen LogP contribution in [0.1, 0.15) is 31.1 Å². The molecule has 1 aromatic carbocycles. The lowest BCUT2D eigenvalue weighted by Gasteiger charge is -2.26. The maximum Gasteiger partial charge on any atom is 0.349 e. The molecule has 0 saturated heterocycles. The third-order valence-corrected chi connectivity index (χ3v) is 2.74. The summed E-state index contributed by atoms with van der Waals surface area (Å²) in [5.41, 5.74) is -0.843. The van der Waals surface area contributed by atoms with Crippen LogP contribution < -0.4 is 14.2 Å². The van der Waals surface area contributed by atoms with Crippen molar-refractivity contribution in [1.82, 2.24) is 0 Å². The van der Waals surface area contributed by atoms with Crippen molar-refractivity contribution in [2.24, 2.45) is 0 Å². The van der Waals surface area contributed by atoms with E-state index in [1.165, 1.54) is 26.4 Å². The van der Waals surface area contributed by atoms with Crippen LogP contribution in [0.3, 0.4) is 0 Å². The van der Waals surface area contributed by atoms with E-state index in [0.29, 0.717) is 23.3 Å². The second-order valence-electron chi connectivity index (χ2n) is 4.71. The van der Waals surface area contributed by atoms with Gasteiger partial charge in [-0.05, 0) is 32.9 Å². The third-order valence-electron chi connectivity index (χ3n) is 2.74. The summed E-state index contributed by atoms with van der Waals surface area (Å²) in [5, 5.41) is 0. The fraction of sp³-hybridized carbons (Fsp3) is 0.467. The van der Waals surface area contributed by atoms with E-state index in [-0.39, 0.29) is 12.4 Å². The van der Waals surface area contributed by atoms with Crippen molar-refractivity contribution < 1.29 is 28.5 Å². The molecule has 0 bridgehead atoms. The molecule has 116 valence electrons. The quantitative estimate of drug-likeness (QED) is 0.567. The molecule has 6 nitrogen and oxygen atoms in total. The van der Waals surface area contributed by atoms with Gasteiger partial charge in [-0.15, -0.1) is 0 Å². The van der Waals surface area contributed by atoms with E-state index in [4.69, 9.17) is 18.9 Å². The Morgan fingerprint density at radius 3 is 2.10 bits per heavy atom. The number of carbonyl (C=O) groups excluding carboxylic acids is 2. The smallest absolute Gasteiger partial charge is 0.349 e. The number of ether oxygens (including phenoxy) is 4. The van der Waals surface area contributed by atoms with Gasteiger partial charge in [0.25, 0.3) is 0 Å². The van der Waals surface area contributed by atoms with Crippen LogP contribution in [-0.2, 0) is 9.53 Å². The summed E-state index contributed by atoms with van der Waals surface area (Å²) in [7, 11) is 2.88. The van der Waals surface area contributed by atoms with Crippen molar-refractivity contribution >= 4 is 12.3 Å². The molecular formula is C15H20O6. The predicted molar refractivity (Wildman–Crippen MR) is 76.3 cm³/mol. The van der Waals surface area contributed by atoms with Crippen LogP contribution in [0.2, 0.25) is 0 Å². The molecular weight excluding hydrogens is 276 g/mol. The Bertz CT molecular complexity index is 496. The van der Waals surface area contributed by atoms with Crippen LogP contribution in [0.5, 0.6) is 17.2 Å². The Labute approximate surface area is 123 Å². The highest BCUT2D eigenvalue weighted by Gasteiger charge is 2.34. The molecule has 6 heteroatoms. The van der Waals surface area contributed by atoms with Crippen LogP contribution in [0.4, 0.5) is 0 Å². The zero-order chi connectivity index (χ0) is 16.0. The minimum absolute atomic E-state index is 0.239. The van der Waals surface area contributed by atoms with Gasteiger partial charge in [0.2, 0.25) is 11.4 Å². The highest BCUT2D eigenvalue weighted by atomic mass is 16.6. The van der Waals surface area contributed by atoms with Gasteiger partial charge in [-0.2, -0.15) is 0 Å². The molecule has 0 amide bonds. The second-order valence-corrected chi connectivity index (χ2v) is 4.71. The van der Waals surface area contributed by atoms with E-state index < -0.39 is 11.6 Å². The predicted octanol–water partition coefficient (Wildman–Crippen LogP) is 2.24. The summed E-state index contributed by atoms with van der Waals surface area (Å²) < 4.78 is 21.1. The molecule has 21 heavy (non-hydrogen) atoms. The van der Waals surface area contributed by atoms with Gasteiger partial charge in [-0.1, -0.05) is 0 Å². The van der Waals surface area contributed by atoms with E-state index in [2.05, 4.69) is 0 Å². The Morgan fingerprint density at radius 1 is 1.19 bits per heavy atom. The SMILES string of the molecule is CCOC(=O)C(C)(C)Oc1c(OC)cc(C=O)cc1OC. The summed E-state index contributed by atoms with van der Waals surface area (Å²) in [6.45, 7) is 5.13. The topological polar surface area (TPSA) is 71.1 Å². The first-order chi connectivity index (χ1) is 9.89. The van der Waals surface area contributed by atoms with E-state index >= 15 is 0 Å². The zero-order valence-electron chi connectivity index (χ0n) is 12.9. The fourth-order valence-electron chi connectivity index (χ4n) is 1.67. The minimum Gasteiger partial charge on any atom is -0.493 e. The molecule has 0 aliphatic carbocycles. The highest BCUT2D eigenvalue weighted by molar-refractivity contribution is 5.81. The van der Waals surface area contributed by atoms with Crippen molar-refractivity contribution in [2.75, 3.05) is 20.8 Å². The number of aldehydes is 1. The number of carbonyl (C=O) groups is 2. The van der Waals surface area contributed by atoms with E-state index in [1.54, 1.807) is 20.8 Å². The van der Waals surface area contributed by atoms with Crippen LogP contribution in [0.15, 0.2) is 12.1 Å². The average molecular weight is 296 g/mol. The second kappa shape index (κ2) is 6.97. The third kappa shape index (κ3) is 3.87. The molecule has 0 saturated carbocycles. The van der Waals surface area contributed by atoms with Crippen LogP contribution >= 0.6 is 0 Å². The summed E-state index contributed by atoms with van der Waals surface area (Å²) in [4.78, 5) is 22.8. The Hall–Kier alpha value is -2.24. The average Bonchev–Trinajstić information content (AvgIpc) is 2.47. The zero-order valence-corrected chi connectivity index (χ0v) is 12.9. The number of rotatable bonds is 7. The van der Waals surface area contributed by atoms with Crippen molar-refractivity contribution in [2.45, 2.75) is 26.4 Å². The number of benzene rings is 1. The van der Waals surface area contributed by atoms with E-state index in [0.717, 1.165) is 0 Å². The normalized spacial score (nSPS) is 10.7. The minimum atomic E-state index is -1.22. The fourth-order valence-corrected chi connectivity index (χ4v) is 1.67. The van der Waals surface area contributed by atoms with Crippen LogP contribution in [0, 0.1) is 0 Å². The molecule has 0 fully saturated rings. The Kier molecular flexibility index (Phi) is 5.58. The first kappa shape index (κ1) is 16.8. The molecule has 0 N–H and O–H groups in total. The van der Waals surface area contributed by atoms with Crippen LogP contribution in [0.25, 0.3) is 0 Å². The van der Waals surface area contributed by atoms with Crippen LogP contribution in [-0.4, -0.2) is 38.7 Å². The number of hydrogen-bond acceptors (Lipinski definition) is 6. The molecule has 0 aliphatic rings. The van der Waals surface area contributed by atoms with Crippen molar-refractivity contribution in [3.8, 4) is 17.2 Å². The summed E-state index contributed by atoms with van der Waals surface area (Å²) >= 11 is 0. The first-order valence-corrected chi connectivity index (χ1v) is 6.47. The molecule has 0 unspecified atom stereocenters. The summed E-state index contributed by atoms with van der Waals surface area (Å²) in [5.74, 6) is 0.333. The van der Waals surface area contributed by atoms with Gasteiger partial charge in [-0.3, -0.25) is 4.79 Å². The van der Waals surface area contributed by atoms with Gasteiger partial charge in [0.15, 0.2) is 11.5 Å². The van der Waals surface area contributed by atoms with Gasteiger partial charge < -0.3 is 18.9 Å². The van der Waals surface area contributed by atoms with E-state index in [9.17, 15) is 9.59 Å². The maximum atomic E-state index is 11.9. The molecule has 0 atom stereocenters. The standard InChI is InChI=1S/C15H20O6/c1-6-20-14(17)15(2,3)21-13-11(18-4)7-10(9-16)8-12(13)19-5/h7-9H,6H2,1-5H3. The molecule has 1 aromatic rings. The van der Waals surface area contributed by atoms with Crippen molar-refractivity contribution in [1.29, 1.82) is 0 Å². The van der Waals surface area contributed by atoms with Gasteiger partial charge in [0, 0.05) is 5.56 Å². The highest BCUT2D eigenvalue weighted by Crippen LogP contribution is 2.40. The molecule has 0 aromatic heterocycles. The summed E-state index contributed by atoms with van der Waals surface area (Å²) in [6, 6.07) is 3.01. The number of hydrogen-bond donors (Lipinski definition) is 0. The Morgan fingerprint density at radius 2 is 1.71 bits per heavy atom. The largest absolute Gasteiger partial charge is 0.493 e. The molecule has 0 heterocycles. The number of esters is 1. The van der Waals surface area contributed by atoms with Gasteiger partial charge in [0.05, 0.1) is 20.8 Å². The summed E-state index contributed by atoms with van der Waals surface area (Å²) in [6.07, 6.45) is 0.672. The Balaban J connectivity index is 3.22. The molecule has 0 aliphatic heterocycles.